The summed E-state index contributed by atoms with van der Waals surface area (Å²) in [6.07, 6.45) is 6.48. The summed E-state index contributed by atoms with van der Waals surface area (Å²) in [5.41, 5.74) is 0. The van der Waals surface area contributed by atoms with Crippen LogP contribution in [0.15, 0.2) is 0 Å². The van der Waals surface area contributed by atoms with Crippen molar-refractivity contribution < 1.29 is 4.79 Å². The lowest BCUT2D eigenvalue weighted by Gasteiger charge is -2.07. The molecule has 0 atom stereocenters. The summed E-state index contributed by atoms with van der Waals surface area (Å²) >= 11 is 5.11. The Morgan fingerprint density at radius 3 is 2.64 bits per heavy atom. The molecule has 11 heavy (non-hydrogen) atoms. The molecule has 0 aromatic rings. The Hall–Kier alpha value is -0.240. The minimum absolute atomic E-state index is 0.428. The Kier molecular flexibility index (Phi) is 3.70. The molecule has 1 rings (SSSR count). The van der Waals surface area contributed by atoms with Crippen molar-refractivity contribution in [3.05, 3.63) is 0 Å². The molecule has 1 aliphatic rings. The molecule has 1 amide bonds. The predicted octanol–water partition coefficient (Wildman–Crippen LogP) is 2.52. The summed E-state index contributed by atoms with van der Waals surface area (Å²) in [6.45, 7) is 0.743. The van der Waals surface area contributed by atoms with Gasteiger partial charge in [0.15, 0.2) is 0 Å². The van der Waals surface area contributed by atoms with E-state index in [9.17, 15) is 4.79 Å². The SMILES string of the molecule is O=C(Cl)NCCC1CCCC1. The number of rotatable bonds is 3. The van der Waals surface area contributed by atoms with Crippen LogP contribution in [0.3, 0.4) is 0 Å². The van der Waals surface area contributed by atoms with Crippen LogP contribution in [0.4, 0.5) is 4.79 Å². The summed E-state index contributed by atoms with van der Waals surface area (Å²) in [5, 5.41) is 2.17. The third-order valence-electron chi connectivity index (χ3n) is 2.29. The van der Waals surface area contributed by atoms with Crippen LogP contribution in [0.1, 0.15) is 32.1 Å². The average molecular weight is 176 g/mol. The van der Waals surface area contributed by atoms with E-state index in [1.165, 1.54) is 25.7 Å². The van der Waals surface area contributed by atoms with Gasteiger partial charge in [-0.1, -0.05) is 25.7 Å². The molecule has 1 saturated carbocycles. The number of hydrogen-bond donors (Lipinski definition) is 1. The zero-order valence-electron chi connectivity index (χ0n) is 6.61. The van der Waals surface area contributed by atoms with Crippen LogP contribution in [0.5, 0.6) is 0 Å². The molecule has 1 N–H and O–H groups in total. The van der Waals surface area contributed by atoms with Gasteiger partial charge in [-0.3, -0.25) is 4.79 Å². The molecule has 0 unspecified atom stereocenters. The quantitative estimate of drug-likeness (QED) is 0.518. The first kappa shape index (κ1) is 8.85. The molecule has 0 saturated heterocycles. The molecule has 0 heterocycles. The first-order valence-electron chi connectivity index (χ1n) is 4.22. The fourth-order valence-corrected chi connectivity index (χ4v) is 1.77. The summed E-state index contributed by atoms with van der Waals surface area (Å²) in [6, 6.07) is 0. The second kappa shape index (κ2) is 4.60. The smallest absolute Gasteiger partial charge is 0.313 e. The van der Waals surface area contributed by atoms with Crippen molar-refractivity contribution in [3.8, 4) is 0 Å². The van der Waals surface area contributed by atoms with Gasteiger partial charge in [-0.05, 0) is 23.9 Å². The lowest BCUT2D eigenvalue weighted by Crippen LogP contribution is -2.19. The third-order valence-corrected chi connectivity index (χ3v) is 2.42. The molecule has 0 spiro atoms. The van der Waals surface area contributed by atoms with E-state index in [-0.39, 0.29) is 0 Å². The van der Waals surface area contributed by atoms with Gasteiger partial charge < -0.3 is 5.32 Å². The molecule has 0 aliphatic heterocycles. The van der Waals surface area contributed by atoms with Crippen LogP contribution in [0.25, 0.3) is 0 Å². The Morgan fingerprint density at radius 2 is 2.09 bits per heavy atom. The highest BCUT2D eigenvalue weighted by molar-refractivity contribution is 6.62. The maximum absolute atomic E-state index is 10.3. The fourth-order valence-electron chi connectivity index (χ4n) is 1.67. The zero-order valence-corrected chi connectivity index (χ0v) is 7.36. The largest absolute Gasteiger partial charge is 0.343 e. The van der Waals surface area contributed by atoms with Crippen LogP contribution >= 0.6 is 11.6 Å². The lowest BCUT2D eigenvalue weighted by molar-refractivity contribution is 0.259. The van der Waals surface area contributed by atoms with E-state index in [1.54, 1.807) is 0 Å². The maximum atomic E-state index is 10.3. The number of hydrogen-bond acceptors (Lipinski definition) is 1. The van der Waals surface area contributed by atoms with E-state index < -0.39 is 5.37 Å². The summed E-state index contributed by atoms with van der Waals surface area (Å²) < 4.78 is 0. The van der Waals surface area contributed by atoms with E-state index in [0.717, 1.165) is 18.9 Å². The van der Waals surface area contributed by atoms with Gasteiger partial charge >= 0.3 is 5.37 Å². The van der Waals surface area contributed by atoms with Crippen molar-refractivity contribution in [1.29, 1.82) is 0 Å². The summed E-state index contributed by atoms with van der Waals surface area (Å²) in [7, 11) is 0. The van der Waals surface area contributed by atoms with Gasteiger partial charge in [0.2, 0.25) is 0 Å². The molecular formula is C8H14ClNO. The van der Waals surface area contributed by atoms with Crippen LogP contribution in [-0.4, -0.2) is 11.9 Å². The summed E-state index contributed by atoms with van der Waals surface area (Å²) in [5.74, 6) is 0.832. The van der Waals surface area contributed by atoms with Gasteiger partial charge in [-0.25, -0.2) is 0 Å². The summed E-state index contributed by atoms with van der Waals surface area (Å²) in [4.78, 5) is 10.3. The van der Waals surface area contributed by atoms with E-state index in [4.69, 9.17) is 11.6 Å². The van der Waals surface area contributed by atoms with Crippen LogP contribution in [0.2, 0.25) is 0 Å². The number of carbonyl (C=O) groups excluding carboxylic acids is 1. The lowest BCUT2D eigenvalue weighted by atomic mass is 10.0. The number of nitrogens with one attached hydrogen (secondary N) is 1. The monoisotopic (exact) mass is 175 g/mol. The third kappa shape index (κ3) is 3.61. The van der Waals surface area contributed by atoms with E-state index in [2.05, 4.69) is 5.32 Å². The van der Waals surface area contributed by atoms with Gasteiger partial charge in [0.05, 0.1) is 0 Å². The van der Waals surface area contributed by atoms with Gasteiger partial charge in [-0.15, -0.1) is 0 Å². The zero-order chi connectivity index (χ0) is 8.10. The normalized spacial score (nSPS) is 18.6. The highest BCUT2D eigenvalue weighted by Gasteiger charge is 2.14. The van der Waals surface area contributed by atoms with Crippen molar-refractivity contribution in [2.24, 2.45) is 5.92 Å². The average Bonchev–Trinajstić information content (AvgIpc) is 2.39. The van der Waals surface area contributed by atoms with Crippen molar-refractivity contribution in [3.63, 3.8) is 0 Å². The van der Waals surface area contributed by atoms with Gasteiger partial charge in [0, 0.05) is 6.54 Å². The molecule has 0 radical (unpaired) electrons. The van der Waals surface area contributed by atoms with E-state index in [1.807, 2.05) is 0 Å². The highest BCUT2D eigenvalue weighted by atomic mass is 35.5. The highest BCUT2D eigenvalue weighted by Crippen LogP contribution is 2.26. The first-order valence-corrected chi connectivity index (χ1v) is 4.60. The van der Waals surface area contributed by atoms with Gasteiger partial charge in [0.1, 0.15) is 0 Å². The number of amides is 1. The van der Waals surface area contributed by atoms with Crippen molar-refractivity contribution in [2.45, 2.75) is 32.1 Å². The van der Waals surface area contributed by atoms with E-state index in [0.29, 0.717) is 0 Å². The second-order valence-corrected chi connectivity index (χ2v) is 3.48. The minimum atomic E-state index is -0.428. The Morgan fingerprint density at radius 1 is 1.45 bits per heavy atom. The standard InChI is InChI=1S/C8H14ClNO/c9-8(11)10-6-5-7-3-1-2-4-7/h7H,1-6H2,(H,10,11). The van der Waals surface area contributed by atoms with Crippen molar-refractivity contribution >= 4 is 17.0 Å². The second-order valence-electron chi connectivity index (χ2n) is 3.14. The van der Waals surface area contributed by atoms with Crippen LogP contribution in [-0.2, 0) is 0 Å². The molecule has 0 aromatic heterocycles. The van der Waals surface area contributed by atoms with Crippen molar-refractivity contribution in [2.75, 3.05) is 6.54 Å². The fraction of sp³-hybridized carbons (Fsp3) is 0.875. The molecule has 1 aliphatic carbocycles. The topological polar surface area (TPSA) is 29.1 Å². The minimum Gasteiger partial charge on any atom is -0.343 e. The maximum Gasteiger partial charge on any atom is 0.313 e. The predicted molar refractivity (Wildman–Crippen MR) is 45.8 cm³/mol. The van der Waals surface area contributed by atoms with Crippen molar-refractivity contribution in [1.82, 2.24) is 5.32 Å². The molecule has 2 nitrogen and oxygen atoms in total. The molecule has 0 bridgehead atoms. The van der Waals surface area contributed by atoms with Crippen LogP contribution < -0.4 is 5.32 Å². The molecule has 3 heteroatoms. The Bertz CT molecular complexity index is 132. The molecule has 0 aromatic carbocycles. The molecular weight excluding hydrogens is 162 g/mol. The molecule has 64 valence electrons. The Labute approximate surface area is 72.3 Å². The first-order chi connectivity index (χ1) is 5.29. The van der Waals surface area contributed by atoms with Gasteiger partial charge in [-0.2, -0.15) is 0 Å². The number of halogens is 1. The number of carbonyl (C=O) groups is 1. The van der Waals surface area contributed by atoms with E-state index >= 15 is 0 Å². The Balaban J connectivity index is 1.98. The van der Waals surface area contributed by atoms with Crippen LogP contribution in [0, 0.1) is 5.92 Å². The molecule has 1 fully saturated rings. The van der Waals surface area contributed by atoms with Gasteiger partial charge in [0.25, 0.3) is 0 Å².